The minimum Gasteiger partial charge on any atom is -0.497 e. The smallest absolute Gasteiger partial charge is 0.281 e. The van der Waals surface area contributed by atoms with Crippen molar-refractivity contribution in [3.05, 3.63) is 29.8 Å². The second-order valence-electron chi connectivity index (χ2n) is 5.36. The summed E-state index contributed by atoms with van der Waals surface area (Å²) in [6, 6.07) is 7.97. The van der Waals surface area contributed by atoms with Crippen molar-refractivity contribution in [3.63, 3.8) is 0 Å². The summed E-state index contributed by atoms with van der Waals surface area (Å²) in [6.07, 6.45) is 1.82. The van der Waals surface area contributed by atoms with E-state index in [2.05, 4.69) is 0 Å². The van der Waals surface area contributed by atoms with Gasteiger partial charge in [-0.1, -0.05) is 12.1 Å². The molecule has 0 aliphatic carbocycles. The highest BCUT2D eigenvalue weighted by Gasteiger charge is 2.32. The van der Waals surface area contributed by atoms with Crippen molar-refractivity contribution in [2.75, 3.05) is 34.3 Å². The Balaban J connectivity index is 1.96. The average molecular weight is 298 g/mol. The highest BCUT2D eigenvalue weighted by molar-refractivity contribution is 7.86. The molecule has 1 heterocycles. The lowest BCUT2D eigenvalue weighted by atomic mass is 9.99. The summed E-state index contributed by atoms with van der Waals surface area (Å²) in [5.41, 5.74) is 1.22. The molecular weight excluding hydrogens is 276 g/mol. The summed E-state index contributed by atoms with van der Waals surface area (Å²) in [5, 5.41) is 0. The SMILES string of the molecule is COc1ccc(CC2CCN(S(=O)(=O)N(C)C)C2)cc1. The number of methoxy groups -OCH3 is 1. The van der Waals surface area contributed by atoms with Gasteiger partial charge in [-0.3, -0.25) is 0 Å². The normalized spacial score (nSPS) is 20.5. The van der Waals surface area contributed by atoms with E-state index in [0.29, 0.717) is 19.0 Å². The molecule has 0 N–H and O–H groups in total. The van der Waals surface area contributed by atoms with Crippen molar-refractivity contribution in [2.45, 2.75) is 12.8 Å². The maximum absolute atomic E-state index is 12.0. The Morgan fingerprint density at radius 2 is 1.95 bits per heavy atom. The van der Waals surface area contributed by atoms with Crippen LogP contribution in [0.3, 0.4) is 0 Å². The second kappa shape index (κ2) is 6.11. The number of benzene rings is 1. The summed E-state index contributed by atoms with van der Waals surface area (Å²) in [5.74, 6) is 1.23. The maximum Gasteiger partial charge on any atom is 0.281 e. The first-order chi connectivity index (χ1) is 9.43. The average Bonchev–Trinajstić information content (AvgIpc) is 2.88. The zero-order valence-electron chi connectivity index (χ0n) is 12.2. The molecule has 112 valence electrons. The highest BCUT2D eigenvalue weighted by atomic mass is 32.2. The Hall–Kier alpha value is -1.11. The molecule has 2 rings (SSSR count). The van der Waals surface area contributed by atoms with Crippen LogP contribution < -0.4 is 4.74 Å². The Labute approximate surface area is 121 Å². The van der Waals surface area contributed by atoms with Gasteiger partial charge in [0, 0.05) is 27.2 Å². The minimum atomic E-state index is -3.27. The largest absolute Gasteiger partial charge is 0.497 e. The quantitative estimate of drug-likeness (QED) is 0.825. The first-order valence-corrected chi connectivity index (χ1v) is 8.13. The fourth-order valence-electron chi connectivity index (χ4n) is 2.50. The van der Waals surface area contributed by atoms with Crippen molar-refractivity contribution in [2.24, 2.45) is 5.92 Å². The van der Waals surface area contributed by atoms with Gasteiger partial charge >= 0.3 is 0 Å². The van der Waals surface area contributed by atoms with Gasteiger partial charge in [-0.05, 0) is 36.5 Å². The van der Waals surface area contributed by atoms with Crippen LogP contribution in [-0.4, -0.2) is 51.3 Å². The van der Waals surface area contributed by atoms with E-state index in [1.54, 1.807) is 25.5 Å². The lowest BCUT2D eigenvalue weighted by Gasteiger charge is -2.20. The second-order valence-corrected chi connectivity index (χ2v) is 7.50. The van der Waals surface area contributed by atoms with E-state index >= 15 is 0 Å². The van der Waals surface area contributed by atoms with E-state index in [9.17, 15) is 8.42 Å². The van der Waals surface area contributed by atoms with Crippen molar-refractivity contribution in [1.29, 1.82) is 0 Å². The minimum absolute atomic E-state index is 0.387. The molecule has 6 heteroatoms. The van der Waals surface area contributed by atoms with E-state index in [0.717, 1.165) is 18.6 Å². The van der Waals surface area contributed by atoms with Gasteiger partial charge in [0.15, 0.2) is 0 Å². The molecule has 1 aromatic carbocycles. The molecule has 0 radical (unpaired) electrons. The van der Waals surface area contributed by atoms with Gasteiger partial charge in [0.25, 0.3) is 10.2 Å². The summed E-state index contributed by atoms with van der Waals surface area (Å²) < 4.78 is 32.1. The number of hydrogen-bond donors (Lipinski definition) is 0. The van der Waals surface area contributed by atoms with Crippen LogP contribution in [0.1, 0.15) is 12.0 Å². The maximum atomic E-state index is 12.0. The summed E-state index contributed by atoms with van der Waals surface area (Å²) in [6.45, 7) is 1.22. The predicted molar refractivity (Wildman–Crippen MR) is 79.0 cm³/mol. The first-order valence-electron chi connectivity index (χ1n) is 6.74. The molecule has 1 fully saturated rings. The molecule has 1 aliphatic heterocycles. The number of rotatable bonds is 5. The molecule has 0 spiro atoms. The predicted octanol–water partition coefficient (Wildman–Crippen LogP) is 1.37. The van der Waals surface area contributed by atoms with E-state index in [1.807, 2.05) is 24.3 Å². The highest BCUT2D eigenvalue weighted by Crippen LogP contribution is 2.24. The third-order valence-corrected chi connectivity index (χ3v) is 5.63. The van der Waals surface area contributed by atoms with E-state index in [1.165, 1.54) is 9.87 Å². The summed E-state index contributed by atoms with van der Waals surface area (Å²) in [4.78, 5) is 0. The Bertz CT molecular complexity index is 540. The van der Waals surface area contributed by atoms with Gasteiger partial charge in [-0.25, -0.2) is 0 Å². The van der Waals surface area contributed by atoms with Gasteiger partial charge < -0.3 is 4.74 Å². The van der Waals surface area contributed by atoms with Crippen LogP contribution in [0, 0.1) is 5.92 Å². The Morgan fingerprint density at radius 1 is 1.30 bits per heavy atom. The van der Waals surface area contributed by atoms with Crippen molar-refractivity contribution < 1.29 is 13.2 Å². The van der Waals surface area contributed by atoms with Gasteiger partial charge in [0.1, 0.15) is 5.75 Å². The van der Waals surface area contributed by atoms with Crippen LogP contribution >= 0.6 is 0 Å². The zero-order chi connectivity index (χ0) is 14.8. The van der Waals surface area contributed by atoms with Crippen LogP contribution in [0.15, 0.2) is 24.3 Å². The summed E-state index contributed by atoms with van der Waals surface area (Å²) >= 11 is 0. The number of ether oxygens (including phenoxy) is 1. The monoisotopic (exact) mass is 298 g/mol. The topological polar surface area (TPSA) is 49.9 Å². The van der Waals surface area contributed by atoms with Crippen LogP contribution in [0.2, 0.25) is 0 Å². The molecule has 0 saturated carbocycles. The number of nitrogens with zero attached hydrogens (tertiary/aromatic N) is 2. The molecule has 1 unspecified atom stereocenters. The van der Waals surface area contributed by atoms with Crippen LogP contribution in [0.25, 0.3) is 0 Å². The van der Waals surface area contributed by atoms with Crippen molar-refractivity contribution in [1.82, 2.24) is 8.61 Å². The van der Waals surface area contributed by atoms with Crippen molar-refractivity contribution >= 4 is 10.2 Å². The zero-order valence-corrected chi connectivity index (χ0v) is 13.1. The third kappa shape index (κ3) is 3.31. The van der Waals surface area contributed by atoms with E-state index in [4.69, 9.17) is 4.74 Å². The van der Waals surface area contributed by atoms with Gasteiger partial charge in [0.2, 0.25) is 0 Å². The molecule has 1 saturated heterocycles. The molecular formula is C14H22N2O3S. The van der Waals surface area contributed by atoms with Gasteiger partial charge in [-0.2, -0.15) is 17.0 Å². The molecule has 1 aliphatic rings. The lowest BCUT2D eigenvalue weighted by molar-refractivity contribution is 0.409. The lowest BCUT2D eigenvalue weighted by Crippen LogP contribution is -2.38. The standard InChI is InChI=1S/C14H22N2O3S/c1-15(2)20(17,18)16-9-8-13(11-16)10-12-4-6-14(19-3)7-5-12/h4-7,13H,8-11H2,1-3H3. The van der Waals surface area contributed by atoms with Gasteiger partial charge in [0.05, 0.1) is 7.11 Å². The molecule has 0 bridgehead atoms. The fraction of sp³-hybridized carbons (Fsp3) is 0.571. The molecule has 1 atom stereocenters. The van der Waals surface area contributed by atoms with Crippen LogP contribution in [0.4, 0.5) is 0 Å². The van der Waals surface area contributed by atoms with Crippen molar-refractivity contribution in [3.8, 4) is 5.75 Å². The van der Waals surface area contributed by atoms with E-state index in [-0.39, 0.29) is 0 Å². The van der Waals surface area contributed by atoms with Crippen LogP contribution in [0.5, 0.6) is 5.75 Å². The molecule has 1 aromatic rings. The third-order valence-electron chi connectivity index (χ3n) is 3.72. The first kappa shape index (κ1) is 15.3. The molecule has 5 nitrogen and oxygen atoms in total. The molecule has 0 aromatic heterocycles. The fourth-order valence-corrected chi connectivity index (χ4v) is 3.70. The Morgan fingerprint density at radius 3 is 2.50 bits per heavy atom. The van der Waals surface area contributed by atoms with Crippen LogP contribution in [-0.2, 0) is 16.6 Å². The molecule has 0 amide bonds. The molecule has 20 heavy (non-hydrogen) atoms. The number of hydrogen-bond acceptors (Lipinski definition) is 3. The summed E-state index contributed by atoms with van der Waals surface area (Å²) in [7, 11) is 1.53. The Kier molecular flexibility index (Phi) is 4.67. The van der Waals surface area contributed by atoms with Gasteiger partial charge in [-0.15, -0.1) is 0 Å². The van der Waals surface area contributed by atoms with E-state index < -0.39 is 10.2 Å².